The summed E-state index contributed by atoms with van der Waals surface area (Å²) < 4.78 is 10.6. The van der Waals surface area contributed by atoms with E-state index in [9.17, 15) is 9.59 Å². The molecule has 0 saturated carbocycles. The fraction of sp³-hybridized carbons (Fsp3) is 0.500. The van der Waals surface area contributed by atoms with Gasteiger partial charge in [0.2, 0.25) is 5.01 Å². The Morgan fingerprint density at radius 1 is 1.27 bits per heavy atom. The lowest BCUT2D eigenvalue weighted by atomic mass is 9.89. The number of ketones is 1. The Kier molecular flexibility index (Phi) is 6.44. The number of Topliss-reactive ketones (excluding diaryl/α,β-unsaturated/α-hetero) is 1. The van der Waals surface area contributed by atoms with E-state index >= 15 is 0 Å². The summed E-state index contributed by atoms with van der Waals surface area (Å²) in [6.45, 7) is 8.46. The van der Waals surface area contributed by atoms with Gasteiger partial charge in [-0.1, -0.05) is 11.6 Å². The van der Waals surface area contributed by atoms with Crippen molar-refractivity contribution in [2.24, 2.45) is 5.41 Å². The number of aryl methyl sites for hydroxylation is 2. The molecule has 0 aromatic heterocycles. The van der Waals surface area contributed by atoms with Crippen molar-refractivity contribution in [1.29, 1.82) is 0 Å². The molecule has 6 heteroatoms. The second kappa shape index (κ2) is 7.47. The van der Waals surface area contributed by atoms with E-state index in [-0.39, 0.29) is 12.4 Å². The normalized spacial score (nSPS) is 12.7. The first-order valence-corrected chi connectivity index (χ1v) is 8.09. The van der Waals surface area contributed by atoms with Crippen LogP contribution in [0.15, 0.2) is 12.1 Å². The van der Waals surface area contributed by atoms with Gasteiger partial charge in [0.1, 0.15) is 12.4 Å². The molecule has 1 aromatic rings. The lowest BCUT2D eigenvalue weighted by molar-refractivity contribution is -0.147. The Hall–Kier alpha value is -1.07. The molecule has 1 rings (SSSR count). The van der Waals surface area contributed by atoms with E-state index in [2.05, 4.69) is 15.9 Å². The van der Waals surface area contributed by atoms with Crippen LogP contribution >= 0.6 is 27.5 Å². The summed E-state index contributed by atoms with van der Waals surface area (Å²) in [5, 5.41) is -0.155. The summed E-state index contributed by atoms with van der Waals surface area (Å²) in [6, 6.07) is 3.55. The number of rotatable bonds is 6. The molecule has 0 N–H and O–H groups in total. The molecule has 0 aliphatic rings. The molecular weight excluding hydrogens is 372 g/mol. The van der Waals surface area contributed by atoms with Gasteiger partial charge in [-0.25, -0.2) is 0 Å². The second-order valence-electron chi connectivity index (χ2n) is 5.83. The molecule has 1 aromatic carbocycles. The number of benzene rings is 1. The lowest BCUT2D eigenvalue weighted by Crippen LogP contribution is -2.38. The van der Waals surface area contributed by atoms with Gasteiger partial charge in [0.15, 0.2) is 5.78 Å². The number of carbonyl (C=O) groups excluding carboxylic acids is 2. The van der Waals surface area contributed by atoms with Gasteiger partial charge in [-0.15, -0.1) is 0 Å². The van der Waals surface area contributed by atoms with E-state index in [0.29, 0.717) is 10.8 Å². The highest BCUT2D eigenvalue weighted by Crippen LogP contribution is 2.29. The van der Waals surface area contributed by atoms with Crippen LogP contribution in [0.2, 0.25) is 5.02 Å². The van der Waals surface area contributed by atoms with E-state index in [1.807, 2.05) is 13.8 Å². The molecular formula is C16H20BrClO4. The predicted octanol–water partition coefficient (Wildman–Crippen LogP) is 4.22. The average Bonchev–Trinajstić information content (AvgIpc) is 2.41. The minimum absolute atomic E-state index is 0.00526. The summed E-state index contributed by atoms with van der Waals surface area (Å²) in [6.07, 6.45) is 0. The SMILES string of the molecule is CC(=O)OCC(C)(C)C(=O)C(Br)Oc1cc(C)c(Cl)c(C)c1. The largest absolute Gasteiger partial charge is 0.471 e. The minimum atomic E-state index is -0.851. The summed E-state index contributed by atoms with van der Waals surface area (Å²) in [5.74, 6) is -0.0752. The van der Waals surface area contributed by atoms with Crippen LogP contribution in [0.25, 0.3) is 0 Å². The number of esters is 1. The molecule has 0 radical (unpaired) electrons. The van der Waals surface area contributed by atoms with E-state index in [1.54, 1.807) is 26.0 Å². The topological polar surface area (TPSA) is 52.6 Å². The highest BCUT2D eigenvalue weighted by molar-refractivity contribution is 9.09. The van der Waals surface area contributed by atoms with Crippen molar-refractivity contribution in [1.82, 2.24) is 0 Å². The van der Waals surface area contributed by atoms with Crippen molar-refractivity contribution >= 4 is 39.3 Å². The lowest BCUT2D eigenvalue weighted by Gasteiger charge is -2.25. The molecule has 4 nitrogen and oxygen atoms in total. The molecule has 0 aliphatic carbocycles. The third-order valence-corrected chi connectivity index (χ3v) is 4.36. The van der Waals surface area contributed by atoms with Crippen LogP contribution in [0.3, 0.4) is 0 Å². The molecule has 1 atom stereocenters. The number of hydrogen-bond acceptors (Lipinski definition) is 4. The van der Waals surface area contributed by atoms with Gasteiger partial charge in [-0.2, -0.15) is 0 Å². The number of alkyl halides is 1. The predicted molar refractivity (Wildman–Crippen MR) is 89.7 cm³/mol. The van der Waals surface area contributed by atoms with Gasteiger partial charge in [0, 0.05) is 11.9 Å². The van der Waals surface area contributed by atoms with Crippen LogP contribution < -0.4 is 4.74 Å². The fourth-order valence-corrected chi connectivity index (χ4v) is 2.75. The highest BCUT2D eigenvalue weighted by Gasteiger charge is 2.35. The van der Waals surface area contributed by atoms with Crippen LogP contribution in [0.1, 0.15) is 31.9 Å². The monoisotopic (exact) mass is 390 g/mol. The Morgan fingerprint density at radius 3 is 2.23 bits per heavy atom. The number of hydrogen-bond donors (Lipinski definition) is 0. The van der Waals surface area contributed by atoms with Crippen molar-refractivity contribution < 1.29 is 19.1 Å². The van der Waals surface area contributed by atoms with Crippen molar-refractivity contribution in [2.75, 3.05) is 6.61 Å². The second-order valence-corrected chi connectivity index (χ2v) is 7.04. The highest BCUT2D eigenvalue weighted by atomic mass is 79.9. The Balaban J connectivity index is 2.81. The molecule has 0 bridgehead atoms. The van der Waals surface area contributed by atoms with E-state index in [0.717, 1.165) is 11.1 Å². The standard InChI is InChI=1S/C16H20BrClO4/c1-9-6-12(7-10(2)13(9)18)22-15(17)14(20)16(4,5)8-21-11(3)19/h6-7,15H,8H2,1-5H3. The van der Waals surface area contributed by atoms with Gasteiger partial charge in [0.05, 0.1) is 5.41 Å². The van der Waals surface area contributed by atoms with Crippen LogP contribution in [-0.4, -0.2) is 23.4 Å². The summed E-state index contributed by atoms with van der Waals surface area (Å²) in [5.41, 5.74) is 0.905. The van der Waals surface area contributed by atoms with Crippen LogP contribution in [0.5, 0.6) is 5.75 Å². The van der Waals surface area contributed by atoms with Crippen molar-refractivity contribution in [3.63, 3.8) is 0 Å². The van der Waals surface area contributed by atoms with Crippen molar-refractivity contribution in [3.05, 3.63) is 28.3 Å². The zero-order chi connectivity index (χ0) is 17.1. The number of ether oxygens (including phenoxy) is 2. The van der Waals surface area contributed by atoms with Gasteiger partial charge < -0.3 is 9.47 Å². The summed E-state index contributed by atoms with van der Waals surface area (Å²) in [4.78, 5) is 23.3. The molecule has 0 fully saturated rings. The fourth-order valence-electron chi connectivity index (χ4n) is 1.81. The van der Waals surface area contributed by atoms with Gasteiger partial charge in [0.25, 0.3) is 0 Å². The first-order chi connectivity index (χ1) is 10.0. The van der Waals surface area contributed by atoms with Crippen molar-refractivity contribution in [2.45, 2.75) is 39.6 Å². The van der Waals surface area contributed by atoms with Gasteiger partial charge >= 0.3 is 5.97 Å². The quantitative estimate of drug-likeness (QED) is 0.538. The Morgan fingerprint density at radius 2 is 1.77 bits per heavy atom. The van der Waals surface area contributed by atoms with E-state index < -0.39 is 16.4 Å². The zero-order valence-corrected chi connectivity index (χ0v) is 15.7. The molecule has 0 saturated heterocycles. The Bertz CT molecular complexity index is 561. The first-order valence-electron chi connectivity index (χ1n) is 6.80. The summed E-state index contributed by atoms with van der Waals surface area (Å²) in [7, 11) is 0. The smallest absolute Gasteiger partial charge is 0.302 e. The van der Waals surface area contributed by atoms with Gasteiger partial charge in [-0.3, -0.25) is 9.59 Å². The summed E-state index contributed by atoms with van der Waals surface area (Å²) >= 11 is 9.35. The van der Waals surface area contributed by atoms with E-state index in [1.165, 1.54) is 6.92 Å². The van der Waals surface area contributed by atoms with E-state index in [4.69, 9.17) is 21.1 Å². The van der Waals surface area contributed by atoms with Crippen molar-refractivity contribution in [3.8, 4) is 5.75 Å². The maximum absolute atomic E-state index is 12.4. The zero-order valence-electron chi connectivity index (χ0n) is 13.3. The molecule has 0 spiro atoms. The van der Waals surface area contributed by atoms with Gasteiger partial charge in [-0.05, 0) is 66.9 Å². The van der Waals surface area contributed by atoms with Crippen LogP contribution in [-0.2, 0) is 14.3 Å². The third kappa shape index (κ3) is 4.99. The van der Waals surface area contributed by atoms with Crippen LogP contribution in [0, 0.1) is 19.3 Å². The third-order valence-electron chi connectivity index (χ3n) is 3.16. The molecule has 22 heavy (non-hydrogen) atoms. The number of carbonyl (C=O) groups is 2. The molecule has 0 heterocycles. The maximum atomic E-state index is 12.4. The average molecular weight is 392 g/mol. The Labute approximate surface area is 144 Å². The molecule has 0 amide bonds. The molecule has 1 unspecified atom stereocenters. The minimum Gasteiger partial charge on any atom is -0.471 e. The van der Waals surface area contributed by atoms with Crippen LogP contribution in [0.4, 0.5) is 0 Å². The first kappa shape index (κ1) is 19.0. The maximum Gasteiger partial charge on any atom is 0.302 e. The molecule has 0 aliphatic heterocycles. The number of halogens is 2. The molecule has 122 valence electrons.